The molecule has 1 aromatic heterocycles. The van der Waals surface area contributed by atoms with Gasteiger partial charge < -0.3 is 9.67 Å². The third-order valence-corrected chi connectivity index (χ3v) is 2.68. The third-order valence-electron chi connectivity index (χ3n) is 2.68. The monoisotopic (exact) mass is 216 g/mol. The molecular weight excluding hydrogens is 200 g/mol. The van der Waals surface area contributed by atoms with Crippen molar-refractivity contribution in [3.63, 3.8) is 0 Å². The van der Waals surface area contributed by atoms with Crippen molar-refractivity contribution in [2.75, 3.05) is 6.61 Å². The number of rotatable bonds is 3. The molecule has 1 heterocycles. The van der Waals surface area contributed by atoms with Gasteiger partial charge in [0.2, 0.25) is 0 Å². The maximum atomic E-state index is 8.90. The average molecular weight is 216 g/mol. The van der Waals surface area contributed by atoms with Crippen LogP contribution in [0.1, 0.15) is 11.3 Å². The van der Waals surface area contributed by atoms with Crippen LogP contribution in [0, 0.1) is 6.92 Å². The van der Waals surface area contributed by atoms with Crippen molar-refractivity contribution in [1.82, 2.24) is 9.55 Å². The van der Waals surface area contributed by atoms with Gasteiger partial charge in [0.05, 0.1) is 5.69 Å². The van der Waals surface area contributed by atoms with E-state index in [2.05, 4.69) is 24.0 Å². The highest BCUT2D eigenvalue weighted by atomic mass is 16.3. The molecule has 0 fully saturated rings. The molecule has 0 spiro atoms. The molecule has 2 aromatic rings. The van der Waals surface area contributed by atoms with Crippen LogP contribution < -0.4 is 0 Å². The number of nitrogens with zero attached hydrogens (tertiary/aromatic N) is 2. The molecule has 3 nitrogen and oxygen atoms in total. The normalized spacial score (nSPS) is 10.7. The van der Waals surface area contributed by atoms with E-state index in [-0.39, 0.29) is 6.61 Å². The van der Waals surface area contributed by atoms with E-state index in [0.29, 0.717) is 6.42 Å². The summed E-state index contributed by atoms with van der Waals surface area (Å²) in [4.78, 5) is 4.53. The molecule has 0 saturated heterocycles. The Kier molecular flexibility index (Phi) is 3.06. The molecule has 1 N–H and O–H groups in total. The fourth-order valence-corrected chi connectivity index (χ4v) is 1.84. The maximum absolute atomic E-state index is 8.90. The lowest BCUT2D eigenvalue weighted by atomic mass is 10.1. The van der Waals surface area contributed by atoms with Crippen molar-refractivity contribution in [3.05, 3.63) is 41.7 Å². The zero-order valence-corrected chi connectivity index (χ0v) is 9.64. The summed E-state index contributed by atoms with van der Waals surface area (Å²) in [5.41, 5.74) is 3.30. The lowest BCUT2D eigenvalue weighted by molar-refractivity contribution is 0.298. The van der Waals surface area contributed by atoms with Crippen LogP contribution in [0.25, 0.3) is 11.4 Å². The van der Waals surface area contributed by atoms with Crippen LogP contribution in [0.3, 0.4) is 0 Å². The topological polar surface area (TPSA) is 38.1 Å². The minimum absolute atomic E-state index is 0.143. The highest BCUT2D eigenvalue weighted by Crippen LogP contribution is 2.21. The van der Waals surface area contributed by atoms with Crippen LogP contribution in [-0.4, -0.2) is 21.3 Å². The minimum atomic E-state index is 0.143. The van der Waals surface area contributed by atoms with E-state index >= 15 is 0 Å². The molecule has 3 heteroatoms. The van der Waals surface area contributed by atoms with Crippen molar-refractivity contribution in [2.24, 2.45) is 7.05 Å². The molecular formula is C13H16N2O. The summed E-state index contributed by atoms with van der Waals surface area (Å²) in [6.07, 6.45) is 2.58. The smallest absolute Gasteiger partial charge is 0.140 e. The van der Waals surface area contributed by atoms with Gasteiger partial charge in [-0.1, -0.05) is 24.3 Å². The molecule has 0 aliphatic carbocycles. The number of aliphatic hydroxyl groups excluding tert-OH is 1. The largest absolute Gasteiger partial charge is 0.396 e. The zero-order chi connectivity index (χ0) is 11.5. The number of hydrogen-bond acceptors (Lipinski definition) is 2. The molecule has 0 unspecified atom stereocenters. The van der Waals surface area contributed by atoms with Gasteiger partial charge in [-0.2, -0.15) is 0 Å². The maximum Gasteiger partial charge on any atom is 0.140 e. The van der Waals surface area contributed by atoms with E-state index in [1.807, 2.05) is 29.9 Å². The van der Waals surface area contributed by atoms with E-state index in [1.165, 1.54) is 5.56 Å². The molecule has 84 valence electrons. The summed E-state index contributed by atoms with van der Waals surface area (Å²) in [7, 11) is 1.98. The van der Waals surface area contributed by atoms with Gasteiger partial charge in [0.1, 0.15) is 5.82 Å². The Morgan fingerprint density at radius 1 is 1.31 bits per heavy atom. The van der Waals surface area contributed by atoms with Crippen LogP contribution in [0.4, 0.5) is 0 Å². The van der Waals surface area contributed by atoms with Gasteiger partial charge in [-0.05, 0) is 12.5 Å². The standard InChI is InChI=1S/C13H16N2O/c1-10-5-3-4-6-12(10)13-14-11(7-8-16)9-15(13)2/h3-6,9,16H,7-8H2,1-2H3. The number of hydrogen-bond donors (Lipinski definition) is 1. The molecule has 0 radical (unpaired) electrons. The highest BCUT2D eigenvalue weighted by Gasteiger charge is 2.08. The van der Waals surface area contributed by atoms with Gasteiger partial charge in [-0.25, -0.2) is 4.98 Å². The minimum Gasteiger partial charge on any atom is -0.396 e. The molecule has 1 aromatic carbocycles. The van der Waals surface area contributed by atoms with E-state index in [9.17, 15) is 0 Å². The lowest BCUT2D eigenvalue weighted by Crippen LogP contribution is -1.93. The SMILES string of the molecule is Cc1ccccc1-c1nc(CCO)cn1C. The summed E-state index contributed by atoms with van der Waals surface area (Å²) < 4.78 is 2.01. The fourth-order valence-electron chi connectivity index (χ4n) is 1.84. The van der Waals surface area contributed by atoms with Crippen molar-refractivity contribution >= 4 is 0 Å². The first kappa shape index (κ1) is 10.9. The van der Waals surface area contributed by atoms with Crippen LogP contribution in [-0.2, 0) is 13.5 Å². The molecule has 0 atom stereocenters. The Bertz CT molecular complexity index is 488. The molecule has 16 heavy (non-hydrogen) atoms. The van der Waals surface area contributed by atoms with Crippen molar-refractivity contribution in [2.45, 2.75) is 13.3 Å². The van der Waals surface area contributed by atoms with E-state index < -0.39 is 0 Å². The van der Waals surface area contributed by atoms with Crippen LogP contribution >= 0.6 is 0 Å². The fraction of sp³-hybridized carbons (Fsp3) is 0.308. The van der Waals surface area contributed by atoms with Gasteiger partial charge in [0.15, 0.2) is 0 Å². The highest BCUT2D eigenvalue weighted by molar-refractivity contribution is 5.60. The van der Waals surface area contributed by atoms with Crippen molar-refractivity contribution < 1.29 is 5.11 Å². The van der Waals surface area contributed by atoms with Gasteiger partial charge >= 0.3 is 0 Å². The molecule has 0 aliphatic heterocycles. The second-order valence-electron chi connectivity index (χ2n) is 3.96. The molecule has 0 amide bonds. The number of imidazole rings is 1. The Hall–Kier alpha value is -1.61. The summed E-state index contributed by atoms with van der Waals surface area (Å²) in [6.45, 7) is 2.22. The van der Waals surface area contributed by atoms with E-state index in [0.717, 1.165) is 17.1 Å². The Morgan fingerprint density at radius 3 is 2.75 bits per heavy atom. The third kappa shape index (κ3) is 1.99. The van der Waals surface area contributed by atoms with Gasteiger partial charge in [0, 0.05) is 31.8 Å². The summed E-state index contributed by atoms with van der Waals surface area (Å²) in [5, 5.41) is 8.90. The first-order valence-electron chi connectivity index (χ1n) is 5.41. The first-order chi connectivity index (χ1) is 7.72. The summed E-state index contributed by atoms with van der Waals surface area (Å²) in [5.74, 6) is 0.960. The van der Waals surface area contributed by atoms with E-state index in [4.69, 9.17) is 5.11 Å². The van der Waals surface area contributed by atoms with Crippen LogP contribution in [0.15, 0.2) is 30.5 Å². The lowest BCUT2D eigenvalue weighted by Gasteiger charge is -2.04. The van der Waals surface area contributed by atoms with E-state index in [1.54, 1.807) is 0 Å². The second-order valence-corrected chi connectivity index (χ2v) is 3.96. The Morgan fingerprint density at radius 2 is 2.06 bits per heavy atom. The first-order valence-corrected chi connectivity index (χ1v) is 5.41. The Labute approximate surface area is 95.4 Å². The second kappa shape index (κ2) is 4.49. The van der Waals surface area contributed by atoms with Gasteiger partial charge in [-0.3, -0.25) is 0 Å². The molecule has 0 aliphatic rings. The quantitative estimate of drug-likeness (QED) is 0.851. The zero-order valence-electron chi connectivity index (χ0n) is 9.64. The summed E-state index contributed by atoms with van der Waals surface area (Å²) in [6, 6.07) is 8.19. The van der Waals surface area contributed by atoms with Gasteiger partial charge in [0.25, 0.3) is 0 Å². The number of aliphatic hydroxyl groups is 1. The number of aryl methyl sites for hydroxylation is 2. The van der Waals surface area contributed by atoms with Crippen molar-refractivity contribution in [3.8, 4) is 11.4 Å². The molecule has 0 bridgehead atoms. The average Bonchev–Trinajstić information content (AvgIpc) is 2.61. The number of aromatic nitrogens is 2. The predicted octanol–water partition coefficient (Wildman–Crippen LogP) is 1.93. The molecule has 2 rings (SSSR count). The summed E-state index contributed by atoms with van der Waals surface area (Å²) >= 11 is 0. The van der Waals surface area contributed by atoms with Gasteiger partial charge in [-0.15, -0.1) is 0 Å². The van der Waals surface area contributed by atoms with Crippen molar-refractivity contribution in [1.29, 1.82) is 0 Å². The Balaban J connectivity index is 2.44. The predicted molar refractivity (Wildman–Crippen MR) is 64.2 cm³/mol. The molecule has 0 saturated carbocycles. The van der Waals surface area contributed by atoms with Crippen LogP contribution in [0.5, 0.6) is 0 Å². The van der Waals surface area contributed by atoms with Crippen LogP contribution in [0.2, 0.25) is 0 Å². The number of benzene rings is 1.